The summed E-state index contributed by atoms with van der Waals surface area (Å²) in [5.41, 5.74) is 6.40. The fraction of sp³-hybridized carbons (Fsp3) is 0.290. The maximum absolute atomic E-state index is 10.1. The number of allylic oxidation sites excluding steroid dienone is 1. The van der Waals surface area contributed by atoms with Gasteiger partial charge in [0.2, 0.25) is 0 Å². The number of phenolic OH excluding ortho intramolecular Hbond substituents is 1. The third kappa shape index (κ3) is 4.98. The average molecular weight is 468 g/mol. The van der Waals surface area contributed by atoms with Crippen LogP contribution in [0, 0.1) is 5.92 Å². The van der Waals surface area contributed by atoms with Gasteiger partial charge in [0.25, 0.3) is 0 Å². The number of fused-ring (bicyclic) bond motifs is 1. The molecule has 2 aliphatic heterocycles. The fourth-order valence-electron chi connectivity index (χ4n) is 5.15. The van der Waals surface area contributed by atoms with Gasteiger partial charge in [0, 0.05) is 24.2 Å². The lowest BCUT2D eigenvalue weighted by molar-refractivity contribution is 0.259. The van der Waals surface area contributed by atoms with Crippen molar-refractivity contribution in [3.05, 3.63) is 95.1 Å². The van der Waals surface area contributed by atoms with Crippen molar-refractivity contribution >= 4 is 17.2 Å². The van der Waals surface area contributed by atoms with E-state index in [1.807, 2.05) is 24.3 Å². The number of rotatable bonds is 6. The van der Waals surface area contributed by atoms with Crippen molar-refractivity contribution in [2.45, 2.75) is 26.4 Å². The largest absolute Gasteiger partial charge is 0.508 e. The molecule has 4 nitrogen and oxygen atoms in total. The van der Waals surface area contributed by atoms with Gasteiger partial charge in [-0.1, -0.05) is 55.5 Å². The molecule has 4 heteroatoms. The number of nitrogens with zero attached hydrogens (tertiary/aromatic N) is 1. The monoisotopic (exact) mass is 467 g/mol. The molecular weight excluding hydrogens is 434 g/mol. The van der Waals surface area contributed by atoms with E-state index in [-0.39, 0.29) is 11.9 Å². The first-order chi connectivity index (χ1) is 17.0. The van der Waals surface area contributed by atoms with Crippen molar-refractivity contribution in [1.29, 1.82) is 0 Å². The highest BCUT2D eigenvalue weighted by Crippen LogP contribution is 2.47. The molecule has 1 fully saturated rings. The van der Waals surface area contributed by atoms with Crippen molar-refractivity contribution in [2.24, 2.45) is 5.92 Å². The van der Waals surface area contributed by atoms with Crippen LogP contribution in [0.4, 0.5) is 0 Å². The lowest BCUT2D eigenvalue weighted by atomic mass is 9.86. The molecular formula is C31H33NO3. The van der Waals surface area contributed by atoms with Crippen LogP contribution < -0.4 is 9.47 Å². The molecule has 0 aromatic heterocycles. The Hall–Kier alpha value is -3.50. The zero-order valence-electron chi connectivity index (χ0n) is 20.7. The SMILES string of the molecule is COc1cccc(C2=C(C)c3cc(O)ccc3OC2c2ccc(/C=C\CN3CC[C@@H](C)C3)cc2)c1. The molecule has 0 amide bonds. The lowest BCUT2D eigenvalue weighted by Crippen LogP contribution is -2.19. The van der Waals surface area contributed by atoms with Crippen molar-refractivity contribution in [3.8, 4) is 17.2 Å². The summed E-state index contributed by atoms with van der Waals surface area (Å²) in [6.07, 6.45) is 5.51. The van der Waals surface area contributed by atoms with Gasteiger partial charge >= 0.3 is 0 Å². The molecule has 2 heterocycles. The van der Waals surface area contributed by atoms with E-state index in [1.165, 1.54) is 25.1 Å². The molecule has 35 heavy (non-hydrogen) atoms. The molecule has 1 unspecified atom stereocenters. The van der Waals surface area contributed by atoms with Crippen LogP contribution in [0.3, 0.4) is 0 Å². The van der Waals surface area contributed by atoms with Gasteiger partial charge in [0.05, 0.1) is 7.11 Å². The Morgan fingerprint density at radius 3 is 2.66 bits per heavy atom. The molecule has 3 aromatic rings. The van der Waals surface area contributed by atoms with Crippen molar-refractivity contribution in [3.63, 3.8) is 0 Å². The molecule has 0 saturated carbocycles. The van der Waals surface area contributed by atoms with Gasteiger partial charge in [0.15, 0.2) is 0 Å². The minimum Gasteiger partial charge on any atom is -0.508 e. The van der Waals surface area contributed by atoms with Crippen LogP contribution in [0.25, 0.3) is 17.2 Å². The summed E-state index contributed by atoms with van der Waals surface area (Å²) < 4.78 is 12.0. The minimum atomic E-state index is -0.261. The topological polar surface area (TPSA) is 41.9 Å². The number of methoxy groups -OCH3 is 1. The standard InChI is InChI=1S/C31H33NO3/c1-21-15-17-32(20-21)16-5-6-23-9-11-24(12-10-23)31-30(25-7-4-8-27(18-25)34-3)22(2)28-19-26(33)13-14-29(28)35-31/h4-14,18-19,21,31,33H,15-17,20H2,1-3H3/b6-5-/t21-,31?/m1/s1. The Morgan fingerprint density at radius 1 is 1.09 bits per heavy atom. The van der Waals surface area contributed by atoms with E-state index in [0.717, 1.165) is 51.8 Å². The Morgan fingerprint density at radius 2 is 1.91 bits per heavy atom. The summed E-state index contributed by atoms with van der Waals surface area (Å²) in [7, 11) is 1.68. The highest BCUT2D eigenvalue weighted by molar-refractivity contribution is 5.95. The minimum absolute atomic E-state index is 0.231. The van der Waals surface area contributed by atoms with E-state index in [9.17, 15) is 5.11 Å². The first-order valence-corrected chi connectivity index (χ1v) is 12.4. The number of hydrogen-bond acceptors (Lipinski definition) is 4. The number of phenols is 1. The van der Waals surface area contributed by atoms with Crippen LogP contribution in [0.2, 0.25) is 0 Å². The Balaban J connectivity index is 1.45. The second-order valence-corrected chi connectivity index (χ2v) is 9.67. The third-order valence-corrected chi connectivity index (χ3v) is 7.08. The summed E-state index contributed by atoms with van der Waals surface area (Å²) in [6.45, 7) is 7.82. The lowest BCUT2D eigenvalue weighted by Gasteiger charge is -2.31. The summed E-state index contributed by atoms with van der Waals surface area (Å²) in [4.78, 5) is 2.51. The van der Waals surface area contributed by atoms with E-state index in [2.05, 4.69) is 61.2 Å². The van der Waals surface area contributed by atoms with Crippen LogP contribution in [0.1, 0.15) is 48.6 Å². The number of aromatic hydroxyl groups is 1. The zero-order chi connectivity index (χ0) is 24.4. The van der Waals surface area contributed by atoms with Gasteiger partial charge in [-0.2, -0.15) is 0 Å². The van der Waals surface area contributed by atoms with Crippen molar-refractivity contribution in [2.75, 3.05) is 26.7 Å². The van der Waals surface area contributed by atoms with Gasteiger partial charge < -0.3 is 14.6 Å². The number of ether oxygens (including phenoxy) is 2. The van der Waals surface area contributed by atoms with E-state index >= 15 is 0 Å². The van der Waals surface area contributed by atoms with Gasteiger partial charge in [-0.05, 0) is 78.4 Å². The summed E-state index contributed by atoms with van der Waals surface area (Å²) >= 11 is 0. The molecule has 180 valence electrons. The van der Waals surface area contributed by atoms with Crippen LogP contribution in [0.15, 0.2) is 72.8 Å². The summed E-state index contributed by atoms with van der Waals surface area (Å²) in [5.74, 6) is 2.62. The molecule has 2 atom stereocenters. The van der Waals surface area contributed by atoms with Crippen LogP contribution in [-0.2, 0) is 0 Å². The van der Waals surface area contributed by atoms with Crippen molar-refractivity contribution in [1.82, 2.24) is 4.90 Å². The smallest absolute Gasteiger partial charge is 0.150 e. The molecule has 0 bridgehead atoms. The van der Waals surface area contributed by atoms with E-state index < -0.39 is 0 Å². The third-order valence-electron chi connectivity index (χ3n) is 7.08. The van der Waals surface area contributed by atoms with E-state index in [1.54, 1.807) is 19.2 Å². The maximum atomic E-state index is 10.1. The second kappa shape index (κ2) is 10.0. The predicted molar refractivity (Wildman–Crippen MR) is 143 cm³/mol. The molecule has 1 saturated heterocycles. The first-order valence-electron chi connectivity index (χ1n) is 12.4. The summed E-state index contributed by atoms with van der Waals surface area (Å²) in [5, 5.41) is 10.1. The number of benzene rings is 3. The van der Waals surface area contributed by atoms with E-state index in [4.69, 9.17) is 9.47 Å². The van der Waals surface area contributed by atoms with Gasteiger partial charge in [-0.25, -0.2) is 0 Å². The first kappa shape index (κ1) is 23.3. The highest BCUT2D eigenvalue weighted by atomic mass is 16.5. The summed E-state index contributed by atoms with van der Waals surface area (Å²) in [6, 6.07) is 22.0. The molecule has 0 radical (unpaired) electrons. The highest BCUT2D eigenvalue weighted by Gasteiger charge is 2.29. The van der Waals surface area contributed by atoms with Gasteiger partial charge in [-0.15, -0.1) is 0 Å². The Bertz CT molecular complexity index is 1260. The normalized spacial score (nSPS) is 20.2. The van der Waals surface area contributed by atoms with Gasteiger partial charge in [-0.3, -0.25) is 4.90 Å². The Labute approximate surface area is 208 Å². The number of hydrogen-bond donors (Lipinski definition) is 1. The second-order valence-electron chi connectivity index (χ2n) is 9.67. The van der Waals surface area contributed by atoms with Crippen molar-refractivity contribution < 1.29 is 14.6 Å². The maximum Gasteiger partial charge on any atom is 0.150 e. The zero-order valence-corrected chi connectivity index (χ0v) is 20.7. The quantitative estimate of drug-likeness (QED) is 0.432. The van der Waals surface area contributed by atoms with E-state index in [0.29, 0.717) is 0 Å². The molecule has 2 aliphatic rings. The molecule has 1 N–H and O–H groups in total. The van der Waals surface area contributed by atoms with Gasteiger partial charge in [0.1, 0.15) is 23.4 Å². The fourth-order valence-corrected chi connectivity index (χ4v) is 5.15. The number of likely N-dealkylation sites (tertiary alicyclic amines) is 1. The van der Waals surface area contributed by atoms with Crippen LogP contribution in [-0.4, -0.2) is 36.8 Å². The Kier molecular flexibility index (Phi) is 6.65. The van der Waals surface area contributed by atoms with Crippen LogP contribution >= 0.6 is 0 Å². The molecule has 0 spiro atoms. The molecule has 3 aromatic carbocycles. The molecule has 5 rings (SSSR count). The predicted octanol–water partition coefficient (Wildman–Crippen LogP) is 6.82. The molecule has 0 aliphatic carbocycles. The average Bonchev–Trinajstić information content (AvgIpc) is 3.29. The van der Waals surface area contributed by atoms with Crippen LogP contribution in [0.5, 0.6) is 17.2 Å².